The molecule has 29 heavy (non-hydrogen) atoms. The van der Waals surface area contributed by atoms with Crippen LogP contribution in [0.1, 0.15) is 18.1 Å². The molecule has 6 heteroatoms. The average Bonchev–Trinajstić information content (AvgIpc) is 2.93. The van der Waals surface area contributed by atoms with Gasteiger partial charge in [0.05, 0.1) is 12.6 Å². The lowest BCUT2D eigenvalue weighted by Gasteiger charge is -2.26. The van der Waals surface area contributed by atoms with E-state index in [1.807, 2.05) is 60.4 Å². The molecule has 1 aromatic heterocycles. The molecule has 2 heterocycles. The lowest BCUT2D eigenvalue weighted by Crippen LogP contribution is -2.41. The second kappa shape index (κ2) is 8.84. The van der Waals surface area contributed by atoms with Crippen LogP contribution in [0, 0.1) is 0 Å². The molecule has 148 valence electrons. The molecule has 0 saturated heterocycles. The lowest BCUT2D eigenvalue weighted by atomic mass is 10.0. The minimum atomic E-state index is -0.0432. The first-order valence-corrected chi connectivity index (χ1v) is 9.63. The van der Waals surface area contributed by atoms with Crippen molar-refractivity contribution in [2.75, 3.05) is 13.2 Å². The first kappa shape index (κ1) is 19.1. The molecule has 0 bridgehead atoms. The molecule has 0 spiro atoms. The van der Waals surface area contributed by atoms with E-state index in [1.165, 1.54) is 6.33 Å². The highest BCUT2D eigenvalue weighted by Crippen LogP contribution is 2.30. The quantitative estimate of drug-likeness (QED) is 0.669. The van der Waals surface area contributed by atoms with Crippen LogP contribution in [0.15, 0.2) is 67.3 Å². The highest BCUT2D eigenvalue weighted by atomic mass is 16.5. The Kier molecular flexibility index (Phi) is 5.81. The number of hydrogen-bond acceptors (Lipinski definition) is 5. The van der Waals surface area contributed by atoms with E-state index >= 15 is 0 Å². The second-order valence-electron chi connectivity index (χ2n) is 7.11. The standard InChI is InChI=1S/C23H23N3O3/c1-17-13-29-22-8-7-19(21-10-24-16-25-11-21)9-20(22)12-26(17)23(27)15-28-14-18-5-3-2-4-6-18/h2-11,16-17H,12-15H2,1H3/t17-/m1/s1. The molecule has 0 fully saturated rings. The molecule has 1 amide bonds. The second-order valence-corrected chi connectivity index (χ2v) is 7.11. The van der Waals surface area contributed by atoms with E-state index in [0.29, 0.717) is 19.8 Å². The van der Waals surface area contributed by atoms with Crippen LogP contribution in [-0.2, 0) is 22.7 Å². The Balaban J connectivity index is 1.46. The van der Waals surface area contributed by atoms with Gasteiger partial charge in [0, 0.05) is 30.1 Å². The summed E-state index contributed by atoms with van der Waals surface area (Å²) >= 11 is 0. The average molecular weight is 389 g/mol. The van der Waals surface area contributed by atoms with Gasteiger partial charge in [-0.3, -0.25) is 4.79 Å². The Labute approximate surface area is 170 Å². The fourth-order valence-electron chi connectivity index (χ4n) is 3.36. The number of hydrogen-bond donors (Lipinski definition) is 0. The summed E-state index contributed by atoms with van der Waals surface area (Å²) in [5.74, 6) is 0.760. The SMILES string of the molecule is C[C@@H]1COc2ccc(-c3cncnc3)cc2CN1C(=O)COCc1ccccc1. The van der Waals surface area contributed by atoms with Crippen molar-refractivity contribution in [3.8, 4) is 16.9 Å². The number of benzene rings is 2. The van der Waals surface area contributed by atoms with E-state index in [1.54, 1.807) is 12.4 Å². The van der Waals surface area contributed by atoms with E-state index < -0.39 is 0 Å². The molecule has 3 aromatic rings. The predicted octanol–water partition coefficient (Wildman–Crippen LogP) is 3.47. The van der Waals surface area contributed by atoms with Gasteiger partial charge in [-0.25, -0.2) is 9.97 Å². The van der Waals surface area contributed by atoms with Crippen molar-refractivity contribution in [1.29, 1.82) is 0 Å². The van der Waals surface area contributed by atoms with E-state index in [-0.39, 0.29) is 18.6 Å². The number of aromatic nitrogens is 2. The number of rotatable bonds is 5. The summed E-state index contributed by atoms with van der Waals surface area (Å²) < 4.78 is 11.6. The minimum Gasteiger partial charge on any atom is -0.491 e. The van der Waals surface area contributed by atoms with Crippen LogP contribution in [0.5, 0.6) is 5.75 Å². The van der Waals surface area contributed by atoms with Crippen LogP contribution in [0.3, 0.4) is 0 Å². The van der Waals surface area contributed by atoms with Gasteiger partial charge in [-0.05, 0) is 30.2 Å². The van der Waals surface area contributed by atoms with Gasteiger partial charge >= 0.3 is 0 Å². The van der Waals surface area contributed by atoms with E-state index in [2.05, 4.69) is 9.97 Å². The largest absolute Gasteiger partial charge is 0.491 e. The van der Waals surface area contributed by atoms with Gasteiger partial charge in [-0.2, -0.15) is 0 Å². The van der Waals surface area contributed by atoms with Crippen LogP contribution in [-0.4, -0.2) is 40.0 Å². The van der Waals surface area contributed by atoms with Crippen molar-refractivity contribution in [2.24, 2.45) is 0 Å². The summed E-state index contributed by atoms with van der Waals surface area (Å²) in [6, 6.07) is 15.8. The highest BCUT2D eigenvalue weighted by molar-refractivity contribution is 5.78. The molecule has 0 aliphatic carbocycles. The smallest absolute Gasteiger partial charge is 0.249 e. The van der Waals surface area contributed by atoms with E-state index in [9.17, 15) is 4.79 Å². The van der Waals surface area contributed by atoms with Gasteiger partial charge in [-0.1, -0.05) is 36.4 Å². The lowest BCUT2D eigenvalue weighted by molar-refractivity contribution is -0.139. The fourth-order valence-corrected chi connectivity index (χ4v) is 3.36. The van der Waals surface area contributed by atoms with Crippen LogP contribution in [0.4, 0.5) is 0 Å². The van der Waals surface area contributed by atoms with Crippen LogP contribution in [0.25, 0.3) is 11.1 Å². The van der Waals surface area contributed by atoms with E-state index in [4.69, 9.17) is 9.47 Å². The van der Waals surface area contributed by atoms with Gasteiger partial charge in [0.15, 0.2) is 0 Å². The normalized spacial score (nSPS) is 15.9. The monoisotopic (exact) mass is 389 g/mol. The molecule has 4 rings (SSSR count). The summed E-state index contributed by atoms with van der Waals surface area (Å²) in [5, 5.41) is 0. The zero-order chi connectivity index (χ0) is 20.1. The molecule has 0 saturated carbocycles. The summed E-state index contributed by atoms with van der Waals surface area (Å²) in [6.45, 7) is 3.38. The Morgan fingerprint density at radius 2 is 1.93 bits per heavy atom. The highest BCUT2D eigenvalue weighted by Gasteiger charge is 2.26. The molecular weight excluding hydrogens is 366 g/mol. The summed E-state index contributed by atoms with van der Waals surface area (Å²) in [4.78, 5) is 22.8. The van der Waals surface area contributed by atoms with Crippen molar-refractivity contribution < 1.29 is 14.3 Å². The van der Waals surface area contributed by atoms with E-state index in [0.717, 1.165) is 28.0 Å². The summed E-state index contributed by atoms with van der Waals surface area (Å²) in [6.07, 6.45) is 5.05. The zero-order valence-electron chi connectivity index (χ0n) is 16.3. The number of ether oxygens (including phenoxy) is 2. The number of carbonyl (C=O) groups is 1. The predicted molar refractivity (Wildman–Crippen MR) is 109 cm³/mol. The molecule has 0 radical (unpaired) electrons. The Bertz CT molecular complexity index is 964. The third-order valence-electron chi connectivity index (χ3n) is 4.96. The Morgan fingerprint density at radius 3 is 2.72 bits per heavy atom. The third-order valence-corrected chi connectivity index (χ3v) is 4.96. The molecule has 1 atom stereocenters. The minimum absolute atomic E-state index is 0.0424. The molecule has 2 aromatic carbocycles. The summed E-state index contributed by atoms with van der Waals surface area (Å²) in [7, 11) is 0. The van der Waals surface area contributed by atoms with Crippen molar-refractivity contribution in [3.05, 3.63) is 78.4 Å². The van der Waals surface area contributed by atoms with Crippen molar-refractivity contribution in [1.82, 2.24) is 14.9 Å². The maximum atomic E-state index is 12.8. The van der Waals surface area contributed by atoms with Crippen LogP contribution < -0.4 is 4.74 Å². The molecular formula is C23H23N3O3. The van der Waals surface area contributed by atoms with Gasteiger partial charge in [0.25, 0.3) is 0 Å². The number of amides is 1. The number of fused-ring (bicyclic) bond motifs is 1. The Hall–Kier alpha value is -3.25. The molecule has 1 aliphatic rings. The van der Waals surface area contributed by atoms with Gasteiger partial charge < -0.3 is 14.4 Å². The first-order valence-electron chi connectivity index (χ1n) is 9.63. The van der Waals surface area contributed by atoms with Crippen LogP contribution in [0.2, 0.25) is 0 Å². The topological polar surface area (TPSA) is 64.6 Å². The summed E-state index contributed by atoms with van der Waals surface area (Å²) in [5.41, 5.74) is 3.94. The van der Waals surface area contributed by atoms with Crippen molar-refractivity contribution >= 4 is 5.91 Å². The molecule has 0 N–H and O–H groups in total. The third kappa shape index (κ3) is 4.60. The van der Waals surface area contributed by atoms with Crippen molar-refractivity contribution in [3.63, 3.8) is 0 Å². The van der Waals surface area contributed by atoms with Gasteiger partial charge in [0.1, 0.15) is 25.3 Å². The number of nitrogens with zero attached hydrogens (tertiary/aromatic N) is 3. The molecule has 6 nitrogen and oxygen atoms in total. The maximum Gasteiger partial charge on any atom is 0.249 e. The maximum absolute atomic E-state index is 12.8. The Morgan fingerprint density at radius 1 is 1.14 bits per heavy atom. The first-order chi connectivity index (χ1) is 14.2. The van der Waals surface area contributed by atoms with Gasteiger partial charge in [0.2, 0.25) is 5.91 Å². The van der Waals surface area contributed by atoms with Crippen molar-refractivity contribution in [2.45, 2.75) is 26.1 Å². The fraction of sp³-hybridized carbons (Fsp3) is 0.261. The molecule has 0 unspecified atom stereocenters. The zero-order valence-corrected chi connectivity index (χ0v) is 16.3. The van der Waals surface area contributed by atoms with Gasteiger partial charge in [-0.15, -0.1) is 0 Å². The van der Waals surface area contributed by atoms with Crippen LogP contribution >= 0.6 is 0 Å². The molecule has 1 aliphatic heterocycles. The number of carbonyl (C=O) groups excluding carboxylic acids is 1.